The Morgan fingerprint density at radius 3 is 2.94 bits per heavy atom. The maximum absolute atomic E-state index is 11.5. The van der Waals surface area contributed by atoms with E-state index in [9.17, 15) is 9.90 Å². The van der Waals surface area contributed by atoms with E-state index in [1.807, 2.05) is 0 Å². The van der Waals surface area contributed by atoms with Crippen LogP contribution in [0.3, 0.4) is 0 Å². The normalized spacial score (nSPS) is 10.1. The fourth-order valence-electron chi connectivity index (χ4n) is 1.37. The number of nitrogens with one attached hydrogen (secondary N) is 1. The highest BCUT2D eigenvalue weighted by Gasteiger charge is 2.04. The molecular formula is C11H12N4O2. The van der Waals surface area contributed by atoms with Gasteiger partial charge < -0.3 is 10.4 Å². The van der Waals surface area contributed by atoms with Crippen molar-refractivity contribution in [1.29, 1.82) is 0 Å². The van der Waals surface area contributed by atoms with Gasteiger partial charge >= 0.3 is 0 Å². The van der Waals surface area contributed by atoms with Crippen LogP contribution in [0.5, 0.6) is 5.75 Å². The van der Waals surface area contributed by atoms with E-state index in [1.165, 1.54) is 10.9 Å². The van der Waals surface area contributed by atoms with Gasteiger partial charge in [-0.05, 0) is 6.07 Å². The molecule has 0 saturated carbocycles. The fraction of sp³-hybridized carbons (Fsp3) is 0.182. The molecular weight excluding hydrogens is 220 g/mol. The molecule has 2 rings (SSSR count). The Hall–Kier alpha value is -2.37. The van der Waals surface area contributed by atoms with Crippen molar-refractivity contribution in [3.05, 3.63) is 42.2 Å². The molecule has 0 saturated heterocycles. The molecule has 1 amide bonds. The number of aromatic hydroxyl groups is 1. The second kappa shape index (κ2) is 5.11. The van der Waals surface area contributed by atoms with Gasteiger partial charge in [-0.3, -0.25) is 4.79 Å². The second-order valence-corrected chi connectivity index (χ2v) is 3.51. The van der Waals surface area contributed by atoms with Crippen molar-refractivity contribution in [2.75, 3.05) is 0 Å². The molecule has 0 unspecified atom stereocenters. The SMILES string of the molecule is O=C(Cn1ccnn1)NCc1ccccc1O. The maximum Gasteiger partial charge on any atom is 0.242 e. The highest BCUT2D eigenvalue weighted by molar-refractivity contribution is 5.75. The number of hydrogen-bond donors (Lipinski definition) is 2. The molecule has 17 heavy (non-hydrogen) atoms. The van der Waals surface area contributed by atoms with Crippen molar-refractivity contribution in [3.8, 4) is 5.75 Å². The number of rotatable bonds is 4. The lowest BCUT2D eigenvalue weighted by atomic mass is 10.2. The minimum absolute atomic E-state index is 0.119. The largest absolute Gasteiger partial charge is 0.508 e. The molecule has 2 aromatic rings. The number of carbonyl (C=O) groups is 1. The number of hydrogen-bond acceptors (Lipinski definition) is 4. The zero-order chi connectivity index (χ0) is 12.1. The van der Waals surface area contributed by atoms with Crippen LogP contribution in [0, 0.1) is 0 Å². The van der Waals surface area contributed by atoms with Gasteiger partial charge in [-0.2, -0.15) is 0 Å². The highest BCUT2D eigenvalue weighted by Crippen LogP contribution is 2.14. The third-order valence-corrected chi connectivity index (χ3v) is 2.25. The number of aromatic nitrogens is 3. The number of para-hydroxylation sites is 1. The van der Waals surface area contributed by atoms with Crippen molar-refractivity contribution >= 4 is 5.91 Å². The molecule has 0 aliphatic heterocycles. The molecule has 0 spiro atoms. The number of benzene rings is 1. The van der Waals surface area contributed by atoms with Crippen LogP contribution < -0.4 is 5.32 Å². The van der Waals surface area contributed by atoms with E-state index < -0.39 is 0 Å². The van der Waals surface area contributed by atoms with E-state index in [0.29, 0.717) is 12.1 Å². The summed E-state index contributed by atoms with van der Waals surface area (Å²) in [5, 5.41) is 19.5. The summed E-state index contributed by atoms with van der Waals surface area (Å²) in [4.78, 5) is 11.5. The first-order valence-electron chi connectivity index (χ1n) is 5.13. The lowest BCUT2D eigenvalue weighted by Gasteiger charge is -2.06. The molecule has 6 heteroatoms. The second-order valence-electron chi connectivity index (χ2n) is 3.51. The molecule has 0 aliphatic carbocycles. The predicted molar refractivity (Wildman–Crippen MR) is 60.0 cm³/mol. The molecule has 1 heterocycles. The van der Waals surface area contributed by atoms with E-state index in [2.05, 4.69) is 15.6 Å². The topological polar surface area (TPSA) is 80.0 Å². The van der Waals surface area contributed by atoms with Crippen LogP contribution in [-0.2, 0) is 17.9 Å². The van der Waals surface area contributed by atoms with Crippen LogP contribution >= 0.6 is 0 Å². The van der Waals surface area contributed by atoms with Crippen LogP contribution in [0.1, 0.15) is 5.56 Å². The summed E-state index contributed by atoms with van der Waals surface area (Å²) >= 11 is 0. The van der Waals surface area contributed by atoms with Gasteiger partial charge in [0.1, 0.15) is 12.3 Å². The van der Waals surface area contributed by atoms with Crippen LogP contribution in [0.4, 0.5) is 0 Å². The maximum atomic E-state index is 11.5. The van der Waals surface area contributed by atoms with Crippen molar-refractivity contribution in [2.24, 2.45) is 0 Å². The van der Waals surface area contributed by atoms with Gasteiger partial charge in [0.05, 0.1) is 6.20 Å². The molecule has 0 aliphatic rings. The Labute approximate surface area is 97.9 Å². The van der Waals surface area contributed by atoms with Gasteiger partial charge in [0.15, 0.2) is 0 Å². The summed E-state index contributed by atoms with van der Waals surface area (Å²) in [6.45, 7) is 0.411. The van der Waals surface area contributed by atoms with Crippen LogP contribution in [0.15, 0.2) is 36.7 Å². The summed E-state index contributed by atoms with van der Waals surface area (Å²) in [6.07, 6.45) is 3.12. The van der Waals surface area contributed by atoms with Gasteiger partial charge in [0.2, 0.25) is 5.91 Å². The molecule has 1 aromatic heterocycles. The third-order valence-electron chi connectivity index (χ3n) is 2.25. The summed E-state index contributed by atoms with van der Waals surface area (Å²) in [5.74, 6) is -0.00712. The van der Waals surface area contributed by atoms with Crippen LogP contribution in [-0.4, -0.2) is 26.0 Å². The third kappa shape index (κ3) is 3.04. The van der Waals surface area contributed by atoms with Crippen molar-refractivity contribution in [3.63, 3.8) is 0 Å². The predicted octanol–water partition coefficient (Wildman–Crippen LogP) is 0.300. The average Bonchev–Trinajstić information content (AvgIpc) is 2.81. The van der Waals surface area contributed by atoms with E-state index >= 15 is 0 Å². The molecule has 0 atom stereocenters. The minimum atomic E-state index is -0.182. The van der Waals surface area contributed by atoms with E-state index in [4.69, 9.17) is 0 Å². The Bertz CT molecular complexity index is 496. The number of nitrogens with zero attached hydrogens (tertiary/aromatic N) is 3. The summed E-state index contributed by atoms with van der Waals surface area (Å²) in [7, 11) is 0. The van der Waals surface area contributed by atoms with Gasteiger partial charge in [-0.25, -0.2) is 4.68 Å². The van der Waals surface area contributed by atoms with E-state index in [0.717, 1.165) is 0 Å². The summed E-state index contributed by atoms with van der Waals surface area (Å²) in [5.41, 5.74) is 0.680. The lowest BCUT2D eigenvalue weighted by Crippen LogP contribution is -2.27. The van der Waals surface area contributed by atoms with E-state index in [-0.39, 0.29) is 18.2 Å². The van der Waals surface area contributed by atoms with Gasteiger partial charge in [-0.1, -0.05) is 23.4 Å². The van der Waals surface area contributed by atoms with Crippen molar-refractivity contribution < 1.29 is 9.90 Å². The highest BCUT2D eigenvalue weighted by atomic mass is 16.3. The Balaban J connectivity index is 1.86. The summed E-state index contributed by atoms with van der Waals surface area (Å²) in [6, 6.07) is 6.87. The zero-order valence-corrected chi connectivity index (χ0v) is 9.08. The molecule has 1 aromatic carbocycles. The Morgan fingerprint density at radius 1 is 1.41 bits per heavy atom. The first-order valence-corrected chi connectivity index (χ1v) is 5.13. The standard InChI is InChI=1S/C11H12N4O2/c16-10-4-2-1-3-9(10)7-12-11(17)8-15-6-5-13-14-15/h1-6,16H,7-8H2,(H,12,17). The first kappa shape index (κ1) is 11.1. The molecule has 0 bridgehead atoms. The zero-order valence-electron chi connectivity index (χ0n) is 9.08. The van der Waals surface area contributed by atoms with Crippen molar-refractivity contribution in [2.45, 2.75) is 13.1 Å². The Morgan fingerprint density at radius 2 is 2.24 bits per heavy atom. The number of phenols is 1. The van der Waals surface area contributed by atoms with Gasteiger partial charge in [0.25, 0.3) is 0 Å². The first-order chi connectivity index (χ1) is 8.25. The summed E-state index contributed by atoms with van der Waals surface area (Å²) < 4.78 is 1.43. The average molecular weight is 232 g/mol. The Kier molecular flexibility index (Phi) is 3.34. The smallest absolute Gasteiger partial charge is 0.242 e. The van der Waals surface area contributed by atoms with E-state index in [1.54, 1.807) is 30.5 Å². The number of phenolic OH excluding ortho intramolecular Hbond substituents is 1. The lowest BCUT2D eigenvalue weighted by molar-refractivity contribution is -0.122. The van der Waals surface area contributed by atoms with Crippen LogP contribution in [0.2, 0.25) is 0 Å². The van der Waals surface area contributed by atoms with Gasteiger partial charge in [0, 0.05) is 18.3 Å². The molecule has 2 N–H and O–H groups in total. The number of amides is 1. The fourth-order valence-corrected chi connectivity index (χ4v) is 1.37. The minimum Gasteiger partial charge on any atom is -0.508 e. The molecule has 0 fully saturated rings. The molecule has 0 radical (unpaired) electrons. The molecule has 6 nitrogen and oxygen atoms in total. The monoisotopic (exact) mass is 232 g/mol. The molecule has 88 valence electrons. The van der Waals surface area contributed by atoms with Gasteiger partial charge in [-0.15, -0.1) is 5.10 Å². The van der Waals surface area contributed by atoms with Crippen LogP contribution in [0.25, 0.3) is 0 Å². The number of carbonyl (C=O) groups excluding carboxylic acids is 1. The van der Waals surface area contributed by atoms with Crippen molar-refractivity contribution in [1.82, 2.24) is 20.3 Å². The quantitative estimate of drug-likeness (QED) is 0.794.